The first-order valence-electron chi connectivity index (χ1n) is 10.7. The predicted molar refractivity (Wildman–Crippen MR) is 132 cm³/mol. The van der Waals surface area contributed by atoms with Crippen molar-refractivity contribution in [2.24, 2.45) is 0 Å². The van der Waals surface area contributed by atoms with Crippen LogP contribution in [0.5, 0.6) is 0 Å². The van der Waals surface area contributed by atoms with Crippen molar-refractivity contribution >= 4 is 47.4 Å². The standard InChI is InChI=1S/C22H32BrClN4O2Si/c1-22(2,3)31(4,5)30-13-11-25-16-10-7-12-28-19(16)14-18(27-28)21(29)26-17-9-6-8-15(23)20(17)24/h6,8-9,14,16,25H,7,10-13H2,1-5H3,(H,26,29)/t16-/m0/s1. The quantitative estimate of drug-likeness (QED) is 0.342. The van der Waals surface area contributed by atoms with Gasteiger partial charge in [-0.05, 0) is 65.1 Å². The zero-order valence-corrected chi connectivity index (χ0v) is 22.2. The number of hydrogen-bond donors (Lipinski definition) is 2. The van der Waals surface area contributed by atoms with Gasteiger partial charge < -0.3 is 15.1 Å². The number of anilines is 1. The molecule has 3 rings (SSSR count). The van der Waals surface area contributed by atoms with E-state index in [0.29, 0.717) is 23.0 Å². The molecule has 0 bridgehead atoms. The van der Waals surface area contributed by atoms with Crippen molar-refractivity contribution in [2.75, 3.05) is 18.5 Å². The SMILES string of the molecule is CC(C)(C)[Si](C)(C)OCCN[C@H]1CCCn2nc(C(=O)Nc3cccc(Br)c3Cl)cc21. The lowest BCUT2D eigenvalue weighted by Crippen LogP contribution is -2.42. The summed E-state index contributed by atoms with van der Waals surface area (Å²) in [6.45, 7) is 13.6. The minimum atomic E-state index is -1.74. The molecular formula is C22H32BrClN4O2Si. The summed E-state index contributed by atoms with van der Waals surface area (Å²) in [5.74, 6) is -0.262. The van der Waals surface area contributed by atoms with Crippen LogP contribution in [0.25, 0.3) is 0 Å². The van der Waals surface area contributed by atoms with Gasteiger partial charge in [-0.25, -0.2) is 0 Å². The van der Waals surface area contributed by atoms with Crippen LogP contribution in [0.15, 0.2) is 28.7 Å². The van der Waals surface area contributed by atoms with Crippen LogP contribution >= 0.6 is 27.5 Å². The highest BCUT2D eigenvalue weighted by Gasteiger charge is 2.37. The maximum absolute atomic E-state index is 12.8. The van der Waals surface area contributed by atoms with Gasteiger partial charge in [0.1, 0.15) is 0 Å². The third-order valence-electron chi connectivity index (χ3n) is 6.23. The number of aromatic nitrogens is 2. The van der Waals surface area contributed by atoms with Crippen molar-refractivity contribution in [1.29, 1.82) is 0 Å². The minimum absolute atomic E-state index is 0.167. The first-order chi connectivity index (χ1) is 14.5. The molecule has 2 aromatic rings. The van der Waals surface area contributed by atoms with E-state index in [1.165, 1.54) is 0 Å². The molecule has 1 aliphatic rings. The maximum atomic E-state index is 12.8. The highest BCUT2D eigenvalue weighted by atomic mass is 79.9. The van der Waals surface area contributed by atoms with Gasteiger partial charge >= 0.3 is 0 Å². The lowest BCUT2D eigenvalue weighted by molar-refractivity contribution is 0.102. The van der Waals surface area contributed by atoms with Crippen LogP contribution in [-0.4, -0.2) is 37.2 Å². The van der Waals surface area contributed by atoms with Crippen LogP contribution in [-0.2, 0) is 11.0 Å². The number of nitrogens with zero attached hydrogens (tertiary/aromatic N) is 2. The smallest absolute Gasteiger partial charge is 0.276 e. The van der Waals surface area contributed by atoms with E-state index in [-0.39, 0.29) is 17.0 Å². The number of fused-ring (bicyclic) bond motifs is 1. The molecule has 1 aromatic heterocycles. The molecular weight excluding hydrogens is 496 g/mol. The molecule has 6 nitrogen and oxygen atoms in total. The Hall–Kier alpha value is -1.19. The van der Waals surface area contributed by atoms with Crippen LogP contribution in [0.1, 0.15) is 55.8 Å². The molecule has 0 unspecified atom stereocenters. The Morgan fingerprint density at radius 1 is 1.39 bits per heavy atom. The van der Waals surface area contributed by atoms with Crippen LogP contribution in [0, 0.1) is 0 Å². The molecule has 9 heteroatoms. The third-order valence-corrected chi connectivity index (χ3v) is 12.1. The summed E-state index contributed by atoms with van der Waals surface area (Å²) in [5.41, 5.74) is 2.01. The minimum Gasteiger partial charge on any atom is -0.416 e. The predicted octanol–water partition coefficient (Wildman–Crippen LogP) is 6.00. The van der Waals surface area contributed by atoms with E-state index >= 15 is 0 Å². The average molecular weight is 528 g/mol. The summed E-state index contributed by atoms with van der Waals surface area (Å²) in [7, 11) is -1.74. The number of benzene rings is 1. The number of rotatable bonds is 7. The molecule has 2 heterocycles. The third kappa shape index (κ3) is 5.79. The Bertz CT molecular complexity index is 942. The maximum Gasteiger partial charge on any atom is 0.276 e. The topological polar surface area (TPSA) is 68.2 Å². The van der Waals surface area contributed by atoms with Crippen molar-refractivity contribution < 1.29 is 9.22 Å². The Morgan fingerprint density at radius 2 is 2.13 bits per heavy atom. The zero-order chi connectivity index (χ0) is 22.8. The molecule has 0 spiro atoms. The number of halogens is 2. The highest BCUT2D eigenvalue weighted by Crippen LogP contribution is 2.36. The van der Waals surface area contributed by atoms with Gasteiger partial charge in [0.05, 0.1) is 16.4 Å². The summed E-state index contributed by atoms with van der Waals surface area (Å²) in [6.07, 6.45) is 2.04. The van der Waals surface area contributed by atoms with Crippen molar-refractivity contribution in [2.45, 2.75) is 64.3 Å². The Labute approximate surface area is 199 Å². The molecule has 0 radical (unpaired) electrons. The van der Waals surface area contributed by atoms with E-state index in [1.54, 1.807) is 6.07 Å². The summed E-state index contributed by atoms with van der Waals surface area (Å²) in [4.78, 5) is 12.8. The van der Waals surface area contributed by atoms with Crippen molar-refractivity contribution in [1.82, 2.24) is 15.1 Å². The number of amides is 1. The van der Waals surface area contributed by atoms with Gasteiger partial charge in [0, 0.05) is 30.2 Å². The molecule has 1 aliphatic heterocycles. The number of hydrogen-bond acceptors (Lipinski definition) is 4. The average Bonchev–Trinajstić information content (AvgIpc) is 3.13. The Balaban J connectivity index is 1.62. The summed E-state index contributed by atoms with van der Waals surface area (Å²) >= 11 is 9.65. The van der Waals surface area contributed by atoms with E-state index in [9.17, 15) is 4.79 Å². The van der Waals surface area contributed by atoms with Crippen LogP contribution in [0.4, 0.5) is 5.69 Å². The second-order valence-corrected chi connectivity index (χ2v) is 15.5. The normalized spacial score (nSPS) is 16.8. The van der Waals surface area contributed by atoms with Gasteiger partial charge in [-0.2, -0.15) is 5.10 Å². The monoisotopic (exact) mass is 526 g/mol. The molecule has 0 aliphatic carbocycles. The fraction of sp³-hybridized carbons (Fsp3) is 0.545. The molecule has 0 saturated carbocycles. The second-order valence-electron chi connectivity index (χ2n) is 9.49. The van der Waals surface area contributed by atoms with Crippen molar-refractivity contribution in [3.63, 3.8) is 0 Å². The van der Waals surface area contributed by atoms with Gasteiger partial charge in [-0.1, -0.05) is 38.4 Å². The molecule has 0 fully saturated rings. The fourth-order valence-electron chi connectivity index (χ4n) is 3.34. The van der Waals surface area contributed by atoms with Gasteiger partial charge in [0.25, 0.3) is 5.91 Å². The first kappa shape index (κ1) is 24.4. The fourth-order valence-corrected chi connectivity index (χ4v) is 4.93. The molecule has 1 atom stereocenters. The van der Waals surface area contributed by atoms with Gasteiger partial charge in [-0.15, -0.1) is 0 Å². The van der Waals surface area contributed by atoms with E-state index in [1.807, 2.05) is 22.9 Å². The lowest BCUT2D eigenvalue weighted by atomic mass is 10.0. The molecule has 1 aromatic carbocycles. The van der Waals surface area contributed by atoms with E-state index in [2.05, 4.69) is 65.5 Å². The number of carbonyl (C=O) groups excluding carboxylic acids is 1. The van der Waals surface area contributed by atoms with Crippen molar-refractivity contribution in [3.8, 4) is 0 Å². The van der Waals surface area contributed by atoms with Gasteiger partial charge in [0.2, 0.25) is 0 Å². The van der Waals surface area contributed by atoms with Gasteiger partial charge in [0.15, 0.2) is 14.0 Å². The number of aryl methyl sites for hydroxylation is 1. The summed E-state index contributed by atoms with van der Waals surface area (Å²) in [6, 6.07) is 7.48. The lowest BCUT2D eigenvalue weighted by Gasteiger charge is -2.36. The molecule has 2 N–H and O–H groups in total. The Morgan fingerprint density at radius 3 is 2.84 bits per heavy atom. The van der Waals surface area contributed by atoms with E-state index in [4.69, 9.17) is 16.0 Å². The van der Waals surface area contributed by atoms with Crippen LogP contribution in [0.2, 0.25) is 23.2 Å². The summed E-state index contributed by atoms with van der Waals surface area (Å²) in [5, 5.41) is 11.7. The zero-order valence-electron chi connectivity index (χ0n) is 18.9. The first-order valence-corrected chi connectivity index (χ1v) is 14.8. The number of carbonyl (C=O) groups is 1. The van der Waals surface area contributed by atoms with Crippen LogP contribution < -0.4 is 10.6 Å². The Kier molecular flexibility index (Phi) is 7.69. The largest absolute Gasteiger partial charge is 0.416 e. The highest BCUT2D eigenvalue weighted by molar-refractivity contribution is 9.10. The molecule has 31 heavy (non-hydrogen) atoms. The van der Waals surface area contributed by atoms with Gasteiger partial charge in [-0.3, -0.25) is 9.48 Å². The van der Waals surface area contributed by atoms with E-state index in [0.717, 1.165) is 36.1 Å². The van der Waals surface area contributed by atoms with Crippen LogP contribution in [0.3, 0.4) is 0 Å². The summed E-state index contributed by atoms with van der Waals surface area (Å²) < 4.78 is 8.95. The van der Waals surface area contributed by atoms with Crippen molar-refractivity contribution in [3.05, 3.63) is 45.1 Å². The van der Waals surface area contributed by atoms with E-state index < -0.39 is 8.32 Å². The second kappa shape index (κ2) is 9.75. The molecule has 0 saturated heterocycles. The molecule has 170 valence electrons. The number of nitrogens with one attached hydrogen (secondary N) is 2. The molecule has 1 amide bonds.